The van der Waals surface area contributed by atoms with Crippen molar-refractivity contribution in [2.24, 2.45) is 0 Å². The van der Waals surface area contributed by atoms with Crippen molar-refractivity contribution in [1.29, 1.82) is 0 Å². The van der Waals surface area contributed by atoms with Crippen LogP contribution in [0, 0.1) is 17.7 Å². The van der Waals surface area contributed by atoms with E-state index in [1.165, 1.54) is 0 Å². The van der Waals surface area contributed by atoms with Crippen LogP contribution in [0.15, 0.2) is 59.7 Å². The molecule has 1 atom stereocenters. The number of nitrogens with one attached hydrogen (secondary N) is 2. The Hall–Kier alpha value is -3.27. The molecule has 5 rings (SSSR count). The second-order valence-electron chi connectivity index (χ2n) is 7.84. The van der Waals surface area contributed by atoms with Gasteiger partial charge in [0.2, 0.25) is 0 Å². The first kappa shape index (κ1) is 20.6. The lowest BCUT2D eigenvalue weighted by Crippen LogP contribution is -2.26. The number of aryl methyl sites for hydroxylation is 2. The Morgan fingerprint density at radius 1 is 1.06 bits per heavy atom. The summed E-state index contributed by atoms with van der Waals surface area (Å²) in [5, 5.41) is 5.14. The molecule has 0 spiro atoms. The van der Waals surface area contributed by atoms with Gasteiger partial charge < -0.3 is 10.3 Å². The van der Waals surface area contributed by atoms with Crippen LogP contribution in [-0.2, 0) is 0 Å². The van der Waals surface area contributed by atoms with Crippen LogP contribution in [0.5, 0.6) is 0 Å². The number of rotatable bonds is 4. The first-order valence-corrected chi connectivity index (χ1v) is 11.4. The zero-order valence-electron chi connectivity index (χ0n) is 17.8. The van der Waals surface area contributed by atoms with Crippen molar-refractivity contribution < 1.29 is 0 Å². The van der Waals surface area contributed by atoms with Crippen LogP contribution >= 0.6 is 22.6 Å². The van der Waals surface area contributed by atoms with E-state index in [0.717, 1.165) is 38.8 Å². The van der Waals surface area contributed by atoms with E-state index >= 15 is 0 Å². The highest BCUT2D eigenvalue weighted by atomic mass is 127. The standard InChI is InChI=1S/C24H21IN6O/c1-13-7-4-5-10-17(13)31-18(11-16-9-6-8-14(2)19(16)23(31)32)15(3)28-22-20-21(27-12-26-20)29-24(25)30-22/h4-12,15H,1-3H3,(H2,26,27,28,29,30)/t15-/m0/s1. The van der Waals surface area contributed by atoms with Crippen molar-refractivity contribution in [3.63, 3.8) is 0 Å². The number of fused-ring (bicyclic) bond motifs is 2. The van der Waals surface area contributed by atoms with Crippen molar-refractivity contribution in [3.05, 3.63) is 85.9 Å². The number of nitrogens with zero attached hydrogens (tertiary/aromatic N) is 4. The van der Waals surface area contributed by atoms with Gasteiger partial charge in [0.15, 0.2) is 15.3 Å². The molecule has 0 amide bonds. The normalized spacial score (nSPS) is 12.4. The van der Waals surface area contributed by atoms with E-state index in [1.54, 1.807) is 6.33 Å². The predicted molar refractivity (Wildman–Crippen MR) is 135 cm³/mol. The van der Waals surface area contributed by atoms with Gasteiger partial charge in [-0.3, -0.25) is 9.36 Å². The van der Waals surface area contributed by atoms with Gasteiger partial charge in [-0.25, -0.2) is 15.0 Å². The quantitative estimate of drug-likeness (QED) is 0.248. The Morgan fingerprint density at radius 2 is 1.84 bits per heavy atom. The zero-order valence-corrected chi connectivity index (χ0v) is 20.0. The molecular weight excluding hydrogens is 515 g/mol. The third-order valence-electron chi connectivity index (χ3n) is 5.70. The Morgan fingerprint density at radius 3 is 2.66 bits per heavy atom. The third-order valence-corrected chi connectivity index (χ3v) is 6.18. The maximum Gasteiger partial charge on any atom is 0.263 e. The van der Waals surface area contributed by atoms with Gasteiger partial charge in [-0.05, 0) is 49.4 Å². The summed E-state index contributed by atoms with van der Waals surface area (Å²) in [6, 6.07) is 15.8. The predicted octanol–water partition coefficient (Wildman–Crippen LogP) is 5.05. The molecule has 2 aromatic carbocycles. The van der Waals surface area contributed by atoms with Gasteiger partial charge >= 0.3 is 0 Å². The number of benzene rings is 2. The van der Waals surface area contributed by atoms with Crippen molar-refractivity contribution in [3.8, 4) is 5.69 Å². The number of aromatic amines is 1. The summed E-state index contributed by atoms with van der Waals surface area (Å²) in [4.78, 5) is 30.1. The van der Waals surface area contributed by atoms with Gasteiger partial charge in [0.1, 0.15) is 5.52 Å². The maximum absolute atomic E-state index is 13.8. The Bertz CT molecular complexity index is 1540. The minimum Gasteiger partial charge on any atom is -0.360 e. The van der Waals surface area contributed by atoms with Crippen LogP contribution in [0.25, 0.3) is 27.6 Å². The summed E-state index contributed by atoms with van der Waals surface area (Å²) in [5.74, 6) is 0.650. The topological polar surface area (TPSA) is 88.5 Å². The fourth-order valence-corrected chi connectivity index (χ4v) is 4.60. The molecule has 0 radical (unpaired) electrons. The first-order valence-electron chi connectivity index (χ1n) is 10.3. The van der Waals surface area contributed by atoms with Crippen LogP contribution in [-0.4, -0.2) is 24.5 Å². The molecule has 0 aliphatic heterocycles. The lowest BCUT2D eigenvalue weighted by Gasteiger charge is -2.23. The molecule has 0 fully saturated rings. The number of pyridine rings is 1. The first-order chi connectivity index (χ1) is 15.4. The molecule has 0 unspecified atom stereocenters. The zero-order chi connectivity index (χ0) is 22.4. The molecule has 160 valence electrons. The van der Waals surface area contributed by atoms with Gasteiger partial charge in [0.25, 0.3) is 5.56 Å². The van der Waals surface area contributed by atoms with Gasteiger partial charge in [-0.1, -0.05) is 36.4 Å². The lowest BCUT2D eigenvalue weighted by molar-refractivity contribution is 0.771. The fraction of sp³-hybridized carbons (Fsp3) is 0.167. The second kappa shape index (κ2) is 8.01. The van der Waals surface area contributed by atoms with Crippen LogP contribution in [0.2, 0.25) is 0 Å². The smallest absolute Gasteiger partial charge is 0.263 e. The molecular formula is C24H21IN6O. The number of anilines is 1. The van der Waals surface area contributed by atoms with Gasteiger partial charge in [-0.2, -0.15) is 0 Å². The van der Waals surface area contributed by atoms with Gasteiger partial charge in [0.05, 0.1) is 23.4 Å². The number of H-pyrrole nitrogens is 1. The SMILES string of the molecule is Cc1ccccc1-n1c([C@H](C)Nc2nc(I)nc3nc[nH]c23)cc2cccc(C)c2c1=O. The molecule has 7 nitrogen and oxygen atoms in total. The number of aromatic nitrogens is 5. The van der Waals surface area contributed by atoms with Crippen molar-refractivity contribution in [2.45, 2.75) is 26.8 Å². The average molecular weight is 536 g/mol. The van der Waals surface area contributed by atoms with Crippen molar-refractivity contribution >= 4 is 50.3 Å². The number of hydrogen-bond donors (Lipinski definition) is 2. The summed E-state index contributed by atoms with van der Waals surface area (Å²) in [6.07, 6.45) is 1.60. The molecule has 0 bridgehead atoms. The molecule has 3 heterocycles. The molecule has 5 aromatic rings. The van der Waals surface area contributed by atoms with Crippen LogP contribution in [0.4, 0.5) is 5.82 Å². The van der Waals surface area contributed by atoms with E-state index in [9.17, 15) is 4.79 Å². The summed E-state index contributed by atoms with van der Waals surface area (Å²) in [7, 11) is 0. The number of para-hydroxylation sites is 1. The highest BCUT2D eigenvalue weighted by Gasteiger charge is 2.20. The summed E-state index contributed by atoms with van der Waals surface area (Å²) in [6.45, 7) is 6.03. The Labute approximate surface area is 198 Å². The van der Waals surface area contributed by atoms with Crippen molar-refractivity contribution in [2.75, 3.05) is 5.32 Å². The number of halogens is 1. The van der Waals surface area contributed by atoms with E-state index in [-0.39, 0.29) is 11.6 Å². The minimum atomic E-state index is -0.218. The lowest BCUT2D eigenvalue weighted by atomic mass is 10.0. The molecule has 0 aliphatic rings. The summed E-state index contributed by atoms with van der Waals surface area (Å²) >= 11 is 2.08. The third kappa shape index (κ3) is 3.44. The highest BCUT2D eigenvalue weighted by molar-refractivity contribution is 14.1. The van der Waals surface area contributed by atoms with Crippen molar-refractivity contribution in [1.82, 2.24) is 24.5 Å². The summed E-state index contributed by atoms with van der Waals surface area (Å²) < 4.78 is 2.42. The van der Waals surface area contributed by atoms with E-state index in [0.29, 0.717) is 15.3 Å². The van der Waals surface area contributed by atoms with E-state index in [2.05, 4.69) is 53.9 Å². The van der Waals surface area contributed by atoms with Gasteiger partial charge in [-0.15, -0.1) is 0 Å². The second-order valence-corrected chi connectivity index (χ2v) is 8.81. The number of imidazole rings is 1. The minimum absolute atomic E-state index is 0.0255. The molecule has 0 saturated heterocycles. The molecule has 32 heavy (non-hydrogen) atoms. The molecule has 3 aromatic heterocycles. The molecule has 0 aliphatic carbocycles. The van der Waals surface area contributed by atoms with E-state index in [1.807, 2.05) is 67.8 Å². The average Bonchev–Trinajstić information content (AvgIpc) is 3.23. The highest BCUT2D eigenvalue weighted by Crippen LogP contribution is 2.28. The van der Waals surface area contributed by atoms with E-state index in [4.69, 9.17) is 0 Å². The molecule has 8 heteroatoms. The Kier molecular flexibility index (Phi) is 5.16. The monoisotopic (exact) mass is 536 g/mol. The largest absolute Gasteiger partial charge is 0.360 e. The molecule has 2 N–H and O–H groups in total. The number of hydrogen-bond acceptors (Lipinski definition) is 5. The van der Waals surface area contributed by atoms with Crippen LogP contribution in [0.3, 0.4) is 0 Å². The van der Waals surface area contributed by atoms with Crippen LogP contribution in [0.1, 0.15) is 29.8 Å². The Balaban J connectivity index is 1.74. The molecule has 0 saturated carbocycles. The van der Waals surface area contributed by atoms with E-state index < -0.39 is 0 Å². The summed E-state index contributed by atoms with van der Waals surface area (Å²) in [5.41, 5.74) is 5.03. The van der Waals surface area contributed by atoms with Gasteiger partial charge in [0, 0.05) is 28.3 Å². The van der Waals surface area contributed by atoms with Crippen LogP contribution < -0.4 is 10.9 Å². The fourth-order valence-electron chi connectivity index (χ4n) is 4.13. The maximum atomic E-state index is 13.8.